The summed E-state index contributed by atoms with van der Waals surface area (Å²) >= 11 is 6.24. The molecule has 1 aliphatic rings. The molecule has 2 aromatic carbocycles. The van der Waals surface area contributed by atoms with Crippen molar-refractivity contribution < 1.29 is 14.3 Å². The van der Waals surface area contributed by atoms with Gasteiger partial charge in [0.1, 0.15) is 5.75 Å². The molecule has 1 heterocycles. The number of nitrogens with one attached hydrogen (secondary N) is 1. The van der Waals surface area contributed by atoms with E-state index in [-0.39, 0.29) is 24.3 Å². The number of rotatable bonds is 5. The molecule has 0 saturated carbocycles. The number of fused-ring (bicyclic) bond motifs is 1. The maximum Gasteiger partial charge on any atom is 0.265 e. The zero-order chi connectivity index (χ0) is 18.7. The molecule has 2 amide bonds. The van der Waals surface area contributed by atoms with Gasteiger partial charge in [-0.2, -0.15) is 0 Å². The molecule has 0 saturated heterocycles. The van der Waals surface area contributed by atoms with Crippen LogP contribution in [0.3, 0.4) is 0 Å². The second-order valence-corrected chi connectivity index (χ2v) is 7.10. The second-order valence-electron chi connectivity index (χ2n) is 6.69. The maximum absolute atomic E-state index is 12.4. The van der Waals surface area contributed by atoms with Crippen molar-refractivity contribution >= 4 is 34.8 Å². The summed E-state index contributed by atoms with van der Waals surface area (Å²) in [6, 6.07) is 12.7. The Morgan fingerprint density at radius 1 is 1.27 bits per heavy atom. The first kappa shape index (κ1) is 18.3. The maximum atomic E-state index is 12.4. The number of ether oxygens (including phenoxy) is 1. The van der Waals surface area contributed by atoms with Gasteiger partial charge in [-0.1, -0.05) is 43.6 Å². The number of benzene rings is 2. The lowest BCUT2D eigenvalue weighted by Crippen LogP contribution is -2.38. The molecular formula is C20H21ClN2O3. The van der Waals surface area contributed by atoms with E-state index in [0.717, 1.165) is 5.56 Å². The van der Waals surface area contributed by atoms with Gasteiger partial charge < -0.3 is 15.0 Å². The Morgan fingerprint density at radius 2 is 2.04 bits per heavy atom. The van der Waals surface area contributed by atoms with Gasteiger partial charge >= 0.3 is 0 Å². The number of carbonyl (C=O) groups excluding carboxylic acids is 2. The predicted molar refractivity (Wildman–Crippen MR) is 103 cm³/mol. The molecule has 0 unspecified atom stereocenters. The third-order valence-electron chi connectivity index (χ3n) is 4.07. The fourth-order valence-corrected chi connectivity index (χ4v) is 3.03. The van der Waals surface area contributed by atoms with Gasteiger partial charge in [0.25, 0.3) is 5.91 Å². The van der Waals surface area contributed by atoms with Gasteiger partial charge in [-0.3, -0.25) is 9.59 Å². The van der Waals surface area contributed by atoms with Crippen molar-refractivity contribution in [3.63, 3.8) is 0 Å². The van der Waals surface area contributed by atoms with Crippen molar-refractivity contribution in [2.24, 2.45) is 5.92 Å². The number of hydrogen-bond acceptors (Lipinski definition) is 3. The van der Waals surface area contributed by atoms with Gasteiger partial charge in [0.05, 0.1) is 12.2 Å². The van der Waals surface area contributed by atoms with E-state index in [0.29, 0.717) is 35.1 Å². The fourth-order valence-electron chi connectivity index (χ4n) is 2.83. The number of halogens is 1. The first-order valence-electron chi connectivity index (χ1n) is 8.54. The molecule has 1 aliphatic heterocycles. The van der Waals surface area contributed by atoms with Crippen LogP contribution in [0.15, 0.2) is 42.5 Å². The number of hydrogen-bond donors (Lipinski definition) is 1. The smallest absolute Gasteiger partial charge is 0.265 e. The van der Waals surface area contributed by atoms with E-state index in [1.54, 1.807) is 29.2 Å². The molecule has 0 bridgehead atoms. The summed E-state index contributed by atoms with van der Waals surface area (Å²) in [5, 5.41) is 3.48. The lowest BCUT2D eigenvalue weighted by atomic mass is 10.1. The molecule has 6 heteroatoms. The topological polar surface area (TPSA) is 58.6 Å². The molecule has 136 valence electrons. The summed E-state index contributed by atoms with van der Waals surface area (Å²) in [6.45, 7) is 4.31. The highest BCUT2D eigenvalue weighted by Gasteiger charge is 2.26. The van der Waals surface area contributed by atoms with E-state index in [4.69, 9.17) is 16.3 Å². The number of anilines is 2. The highest BCUT2D eigenvalue weighted by molar-refractivity contribution is 6.31. The van der Waals surface area contributed by atoms with Crippen LogP contribution < -0.4 is 15.0 Å². The second kappa shape index (κ2) is 7.79. The van der Waals surface area contributed by atoms with Crippen molar-refractivity contribution in [2.75, 3.05) is 16.8 Å². The van der Waals surface area contributed by atoms with Crippen LogP contribution in [-0.2, 0) is 16.1 Å². The standard InChI is InChI=1S/C20H21ClN2O3/c1-13(2)9-19(24)22-15-7-8-18-17(10-15)23(20(25)12-26-18)11-14-5-3-4-6-16(14)21/h3-8,10,13H,9,11-12H2,1-2H3,(H,22,24). The Morgan fingerprint density at radius 3 is 2.77 bits per heavy atom. The first-order chi connectivity index (χ1) is 12.4. The number of nitrogens with zero attached hydrogens (tertiary/aromatic N) is 1. The first-order valence-corrected chi connectivity index (χ1v) is 8.92. The molecule has 0 aliphatic carbocycles. The van der Waals surface area contributed by atoms with E-state index in [1.807, 2.05) is 32.0 Å². The van der Waals surface area contributed by atoms with Crippen LogP contribution in [0.2, 0.25) is 5.02 Å². The van der Waals surface area contributed by atoms with Crippen molar-refractivity contribution in [3.05, 3.63) is 53.1 Å². The quantitative estimate of drug-likeness (QED) is 0.853. The van der Waals surface area contributed by atoms with Crippen molar-refractivity contribution in [3.8, 4) is 5.75 Å². The Kier molecular flexibility index (Phi) is 5.47. The third kappa shape index (κ3) is 4.17. The van der Waals surface area contributed by atoms with Crippen LogP contribution in [0.1, 0.15) is 25.8 Å². The largest absolute Gasteiger partial charge is 0.482 e. The van der Waals surface area contributed by atoms with Gasteiger partial charge in [0.15, 0.2) is 6.61 Å². The summed E-state index contributed by atoms with van der Waals surface area (Å²) in [7, 11) is 0. The Hall–Kier alpha value is -2.53. The molecule has 5 nitrogen and oxygen atoms in total. The van der Waals surface area contributed by atoms with Gasteiger partial charge in [-0.15, -0.1) is 0 Å². The molecule has 1 N–H and O–H groups in total. The highest BCUT2D eigenvalue weighted by atomic mass is 35.5. The van der Waals surface area contributed by atoms with Crippen molar-refractivity contribution in [1.29, 1.82) is 0 Å². The lowest BCUT2D eigenvalue weighted by Gasteiger charge is -2.30. The van der Waals surface area contributed by atoms with E-state index in [2.05, 4.69) is 5.32 Å². The average Bonchev–Trinajstić information content (AvgIpc) is 2.58. The molecule has 0 radical (unpaired) electrons. The third-order valence-corrected chi connectivity index (χ3v) is 4.43. The SMILES string of the molecule is CC(C)CC(=O)Nc1ccc2c(c1)N(Cc1ccccc1Cl)C(=O)CO2. The summed E-state index contributed by atoms with van der Waals surface area (Å²) < 4.78 is 5.52. The van der Waals surface area contributed by atoms with Crippen LogP contribution >= 0.6 is 11.6 Å². The highest BCUT2D eigenvalue weighted by Crippen LogP contribution is 2.36. The van der Waals surface area contributed by atoms with E-state index < -0.39 is 0 Å². The summed E-state index contributed by atoms with van der Waals surface area (Å²) in [5.41, 5.74) is 2.12. The van der Waals surface area contributed by atoms with Crippen LogP contribution in [0, 0.1) is 5.92 Å². The van der Waals surface area contributed by atoms with Crippen LogP contribution in [0.25, 0.3) is 0 Å². The van der Waals surface area contributed by atoms with Gasteiger partial charge in [-0.25, -0.2) is 0 Å². The zero-order valence-electron chi connectivity index (χ0n) is 14.8. The Labute approximate surface area is 157 Å². The number of amides is 2. The minimum absolute atomic E-state index is 0.0174. The normalized spacial score (nSPS) is 13.4. The van der Waals surface area contributed by atoms with Gasteiger partial charge in [-0.05, 0) is 35.7 Å². The van der Waals surface area contributed by atoms with E-state index in [9.17, 15) is 9.59 Å². The summed E-state index contributed by atoms with van der Waals surface area (Å²) in [4.78, 5) is 26.1. The molecule has 0 fully saturated rings. The van der Waals surface area contributed by atoms with Gasteiger partial charge in [0, 0.05) is 17.1 Å². The predicted octanol–water partition coefficient (Wildman–Crippen LogP) is 4.25. The average molecular weight is 373 g/mol. The fraction of sp³-hybridized carbons (Fsp3) is 0.300. The molecule has 2 aromatic rings. The van der Waals surface area contributed by atoms with E-state index in [1.165, 1.54) is 0 Å². The van der Waals surface area contributed by atoms with Crippen LogP contribution in [0.5, 0.6) is 5.75 Å². The van der Waals surface area contributed by atoms with Crippen LogP contribution in [0.4, 0.5) is 11.4 Å². The number of carbonyl (C=O) groups is 2. The van der Waals surface area contributed by atoms with Crippen LogP contribution in [-0.4, -0.2) is 18.4 Å². The Balaban J connectivity index is 1.87. The zero-order valence-corrected chi connectivity index (χ0v) is 15.5. The molecular weight excluding hydrogens is 352 g/mol. The van der Waals surface area contributed by atoms with E-state index >= 15 is 0 Å². The minimum atomic E-state index is -0.150. The molecule has 26 heavy (non-hydrogen) atoms. The van der Waals surface area contributed by atoms with Crippen molar-refractivity contribution in [1.82, 2.24) is 0 Å². The lowest BCUT2D eigenvalue weighted by molar-refractivity contribution is -0.121. The molecule has 3 rings (SSSR count). The molecule has 0 aromatic heterocycles. The molecule has 0 atom stereocenters. The summed E-state index contributed by atoms with van der Waals surface area (Å²) in [6.07, 6.45) is 0.440. The van der Waals surface area contributed by atoms with Gasteiger partial charge in [0.2, 0.25) is 5.91 Å². The minimum Gasteiger partial charge on any atom is -0.482 e. The molecule has 0 spiro atoms. The monoisotopic (exact) mass is 372 g/mol. The van der Waals surface area contributed by atoms with Crippen molar-refractivity contribution in [2.45, 2.75) is 26.8 Å². The summed E-state index contributed by atoms with van der Waals surface area (Å²) in [5.74, 6) is 0.677. The Bertz CT molecular complexity index is 836.